The lowest BCUT2D eigenvalue weighted by Crippen LogP contribution is -2.50. The van der Waals surface area contributed by atoms with E-state index in [2.05, 4.69) is 23.6 Å². The van der Waals surface area contributed by atoms with E-state index in [1.807, 2.05) is 11.0 Å². The van der Waals surface area contributed by atoms with Gasteiger partial charge in [-0.2, -0.15) is 0 Å². The smallest absolute Gasteiger partial charge is 0.235 e. The van der Waals surface area contributed by atoms with Crippen LogP contribution >= 0.6 is 0 Å². The van der Waals surface area contributed by atoms with Gasteiger partial charge in [-0.05, 0) is 62.0 Å². The Morgan fingerprint density at radius 3 is 2.39 bits per heavy atom. The normalized spacial score (nSPS) is 27.4. The van der Waals surface area contributed by atoms with Crippen molar-refractivity contribution in [3.8, 4) is 0 Å². The summed E-state index contributed by atoms with van der Waals surface area (Å²) in [5, 5.41) is 0. The van der Waals surface area contributed by atoms with Crippen LogP contribution in [0.3, 0.4) is 0 Å². The molecule has 0 spiro atoms. The third-order valence-electron chi connectivity index (χ3n) is 7.78. The maximum absolute atomic E-state index is 13.3. The first-order valence-corrected chi connectivity index (χ1v) is 11.8. The summed E-state index contributed by atoms with van der Waals surface area (Å²) in [4.78, 5) is 33.0. The number of anilines is 1. The van der Waals surface area contributed by atoms with Crippen LogP contribution in [-0.2, 0) is 9.59 Å². The summed E-state index contributed by atoms with van der Waals surface area (Å²) >= 11 is 0. The minimum Gasteiger partial charge on any atom is -0.370 e. The predicted molar refractivity (Wildman–Crippen MR) is 122 cm³/mol. The molecule has 1 aromatic rings. The molecule has 31 heavy (non-hydrogen) atoms. The van der Waals surface area contributed by atoms with E-state index in [9.17, 15) is 9.59 Å². The molecule has 2 heterocycles. The summed E-state index contributed by atoms with van der Waals surface area (Å²) in [7, 11) is 0. The van der Waals surface area contributed by atoms with Crippen molar-refractivity contribution in [2.24, 2.45) is 17.6 Å². The zero-order valence-electron chi connectivity index (χ0n) is 18.7. The number of carbonyl (C=O) groups excluding carboxylic acids is 2. The van der Waals surface area contributed by atoms with Crippen LogP contribution in [0.25, 0.3) is 4.85 Å². The standard InChI is InChI=1S/C25H34N4O2/c1-16(2)17-4-7-19(8-5-17)28-12-10-20(11-13-28)29-23-9-6-18(27-3)14-21(23)22(25(29)31)15-24(26)30/h6,9,14,16-17,19-20,22H,4-5,7-8,10-13,15H2,1-2H3,(H2,26,30). The Morgan fingerprint density at radius 1 is 1.13 bits per heavy atom. The monoisotopic (exact) mass is 422 g/mol. The molecule has 1 aliphatic carbocycles. The number of primary amides is 1. The van der Waals surface area contributed by atoms with Crippen molar-refractivity contribution in [3.63, 3.8) is 0 Å². The highest BCUT2D eigenvalue weighted by atomic mass is 16.2. The minimum atomic E-state index is -0.557. The molecular formula is C25H34N4O2. The zero-order valence-corrected chi connectivity index (χ0v) is 18.7. The fourth-order valence-corrected chi connectivity index (χ4v) is 5.95. The maximum atomic E-state index is 13.3. The average Bonchev–Trinajstić information content (AvgIpc) is 3.04. The van der Waals surface area contributed by atoms with Gasteiger partial charge in [-0.25, -0.2) is 4.85 Å². The lowest BCUT2D eigenvalue weighted by molar-refractivity contribution is -0.124. The number of benzene rings is 1. The second kappa shape index (κ2) is 9.00. The first kappa shape index (κ1) is 21.8. The SMILES string of the molecule is [C-]#[N+]c1ccc2c(c1)C(CC(N)=O)C(=O)N2C1CCN(C2CCC(C(C)C)CC2)CC1. The quantitative estimate of drug-likeness (QED) is 0.722. The third kappa shape index (κ3) is 4.34. The van der Waals surface area contributed by atoms with Gasteiger partial charge in [0.05, 0.1) is 12.5 Å². The fraction of sp³-hybridized carbons (Fsp3) is 0.640. The molecule has 4 rings (SSSR count). The van der Waals surface area contributed by atoms with E-state index >= 15 is 0 Å². The first-order valence-electron chi connectivity index (χ1n) is 11.8. The van der Waals surface area contributed by atoms with Gasteiger partial charge in [0.25, 0.3) is 0 Å². The summed E-state index contributed by atoms with van der Waals surface area (Å²) in [5.41, 5.74) is 7.58. The zero-order chi connectivity index (χ0) is 22.1. The fourth-order valence-electron chi connectivity index (χ4n) is 5.95. The molecule has 1 saturated heterocycles. The van der Waals surface area contributed by atoms with E-state index in [4.69, 9.17) is 12.3 Å². The molecule has 3 aliphatic rings. The van der Waals surface area contributed by atoms with E-state index in [0.717, 1.165) is 49.0 Å². The molecule has 0 aromatic heterocycles. The summed E-state index contributed by atoms with van der Waals surface area (Å²) in [6.07, 6.45) is 7.14. The van der Waals surface area contributed by atoms with Crippen molar-refractivity contribution >= 4 is 23.2 Å². The molecule has 0 radical (unpaired) electrons. The number of nitrogens with two attached hydrogens (primary N) is 1. The van der Waals surface area contributed by atoms with Crippen LogP contribution in [0.4, 0.5) is 11.4 Å². The summed E-state index contributed by atoms with van der Waals surface area (Å²) in [6.45, 7) is 14.0. The van der Waals surface area contributed by atoms with Crippen LogP contribution in [0.5, 0.6) is 0 Å². The number of nitrogens with zero attached hydrogens (tertiary/aromatic N) is 3. The second-order valence-electron chi connectivity index (χ2n) is 9.87. The van der Waals surface area contributed by atoms with E-state index in [1.54, 1.807) is 12.1 Å². The Kier molecular flexibility index (Phi) is 6.34. The second-order valence-corrected chi connectivity index (χ2v) is 9.87. The van der Waals surface area contributed by atoms with Gasteiger partial charge >= 0.3 is 0 Å². The third-order valence-corrected chi connectivity index (χ3v) is 7.78. The van der Waals surface area contributed by atoms with Gasteiger partial charge in [0.15, 0.2) is 5.69 Å². The Morgan fingerprint density at radius 2 is 1.81 bits per heavy atom. The molecule has 2 aliphatic heterocycles. The average molecular weight is 423 g/mol. The van der Waals surface area contributed by atoms with Crippen molar-refractivity contribution in [1.82, 2.24) is 4.90 Å². The van der Waals surface area contributed by atoms with Gasteiger partial charge in [-0.3, -0.25) is 9.59 Å². The van der Waals surface area contributed by atoms with E-state index in [0.29, 0.717) is 11.7 Å². The van der Waals surface area contributed by atoms with Gasteiger partial charge < -0.3 is 15.5 Å². The largest absolute Gasteiger partial charge is 0.370 e. The lowest BCUT2D eigenvalue weighted by Gasteiger charge is -2.43. The summed E-state index contributed by atoms with van der Waals surface area (Å²) in [6, 6.07) is 6.23. The van der Waals surface area contributed by atoms with E-state index in [1.165, 1.54) is 25.7 Å². The highest BCUT2D eigenvalue weighted by Gasteiger charge is 2.42. The summed E-state index contributed by atoms with van der Waals surface area (Å²) < 4.78 is 0. The van der Waals surface area contributed by atoms with Gasteiger partial charge in [0, 0.05) is 37.3 Å². The van der Waals surface area contributed by atoms with Crippen molar-refractivity contribution in [2.75, 3.05) is 18.0 Å². The van der Waals surface area contributed by atoms with Crippen molar-refractivity contribution in [1.29, 1.82) is 0 Å². The van der Waals surface area contributed by atoms with Gasteiger partial charge in [0.1, 0.15) is 0 Å². The molecule has 6 nitrogen and oxygen atoms in total. The first-order chi connectivity index (χ1) is 14.9. The molecular weight excluding hydrogens is 388 g/mol. The molecule has 6 heteroatoms. The van der Waals surface area contributed by atoms with Crippen LogP contribution < -0.4 is 10.6 Å². The van der Waals surface area contributed by atoms with Gasteiger partial charge in [0.2, 0.25) is 11.8 Å². The number of rotatable bonds is 5. The van der Waals surface area contributed by atoms with Crippen molar-refractivity contribution in [3.05, 3.63) is 35.2 Å². The number of likely N-dealkylation sites (tertiary alicyclic amines) is 1. The Hall–Kier alpha value is -2.39. The molecule has 1 atom stereocenters. The number of fused-ring (bicyclic) bond motifs is 1. The maximum Gasteiger partial charge on any atom is 0.235 e. The molecule has 1 aromatic carbocycles. The van der Waals surface area contributed by atoms with Crippen LogP contribution in [0.2, 0.25) is 0 Å². The van der Waals surface area contributed by atoms with E-state index < -0.39 is 11.8 Å². The summed E-state index contributed by atoms with van der Waals surface area (Å²) in [5.74, 6) is 0.580. The number of hydrogen-bond acceptors (Lipinski definition) is 3. The molecule has 2 fully saturated rings. The van der Waals surface area contributed by atoms with Crippen LogP contribution in [-0.4, -0.2) is 41.9 Å². The molecule has 166 valence electrons. The van der Waals surface area contributed by atoms with Gasteiger partial charge in [-0.1, -0.05) is 26.0 Å². The number of carbonyl (C=O) groups is 2. The van der Waals surface area contributed by atoms with Crippen LogP contribution in [0.15, 0.2) is 18.2 Å². The van der Waals surface area contributed by atoms with Crippen molar-refractivity contribution < 1.29 is 9.59 Å². The topological polar surface area (TPSA) is 71.0 Å². The highest BCUT2D eigenvalue weighted by Crippen LogP contribution is 2.44. The Balaban J connectivity index is 1.44. The lowest BCUT2D eigenvalue weighted by atomic mass is 9.79. The number of amides is 2. The molecule has 0 bridgehead atoms. The predicted octanol–water partition coefficient (Wildman–Crippen LogP) is 4.22. The van der Waals surface area contributed by atoms with Crippen LogP contribution in [0.1, 0.15) is 70.3 Å². The number of hydrogen-bond donors (Lipinski definition) is 1. The minimum absolute atomic E-state index is 0.00171. The van der Waals surface area contributed by atoms with Crippen molar-refractivity contribution in [2.45, 2.75) is 76.8 Å². The molecule has 2 amide bonds. The van der Waals surface area contributed by atoms with Gasteiger partial charge in [-0.15, -0.1) is 0 Å². The van der Waals surface area contributed by atoms with Crippen LogP contribution in [0, 0.1) is 18.4 Å². The van der Waals surface area contributed by atoms with E-state index in [-0.39, 0.29) is 18.4 Å². The highest BCUT2D eigenvalue weighted by molar-refractivity contribution is 6.07. The number of piperidine rings is 1. The molecule has 1 saturated carbocycles. The Bertz CT molecular complexity index is 874. The Labute approximate surface area is 185 Å². The molecule has 1 unspecified atom stereocenters. The molecule has 2 N–H and O–H groups in total.